The topological polar surface area (TPSA) is 68.4 Å². The van der Waals surface area contributed by atoms with Gasteiger partial charge in [0.2, 0.25) is 0 Å². The predicted octanol–water partition coefficient (Wildman–Crippen LogP) is 3.52. The van der Waals surface area contributed by atoms with Crippen molar-refractivity contribution in [1.82, 2.24) is 10.2 Å². The maximum absolute atomic E-state index is 8.71. The molecule has 22 heavy (non-hydrogen) atoms. The second-order valence-electron chi connectivity index (χ2n) is 5.15. The molecule has 5 nitrogen and oxygen atoms in total. The van der Waals surface area contributed by atoms with Crippen LogP contribution in [0, 0.1) is 13.8 Å². The van der Waals surface area contributed by atoms with E-state index in [9.17, 15) is 0 Å². The van der Waals surface area contributed by atoms with Crippen LogP contribution in [0.25, 0.3) is 0 Å². The highest BCUT2D eigenvalue weighted by atomic mass is 32.2. The number of nitrogens with zero attached hydrogens (tertiary/aromatic N) is 2. The maximum atomic E-state index is 8.71. The standard InChI is InChI=1S/C16H22N2O3S/c1-12-6-7-13(2)14(10-12)20-11-15-17-18-16(21-15)22-9-5-3-4-8-19/h6-7,10,19H,3-5,8-9,11H2,1-2H3. The smallest absolute Gasteiger partial charge is 0.276 e. The minimum absolute atomic E-state index is 0.255. The van der Waals surface area contributed by atoms with E-state index in [0.717, 1.165) is 41.9 Å². The molecule has 1 heterocycles. The Labute approximate surface area is 135 Å². The molecule has 6 heteroatoms. The lowest BCUT2D eigenvalue weighted by Gasteiger charge is -2.07. The molecule has 0 bridgehead atoms. The van der Waals surface area contributed by atoms with Gasteiger partial charge in [0, 0.05) is 12.4 Å². The zero-order valence-electron chi connectivity index (χ0n) is 13.0. The lowest BCUT2D eigenvalue weighted by atomic mass is 10.1. The van der Waals surface area contributed by atoms with Crippen molar-refractivity contribution in [2.75, 3.05) is 12.4 Å². The summed E-state index contributed by atoms with van der Waals surface area (Å²) in [6, 6.07) is 6.09. The van der Waals surface area contributed by atoms with Gasteiger partial charge in [-0.2, -0.15) is 0 Å². The largest absolute Gasteiger partial charge is 0.484 e. The summed E-state index contributed by atoms with van der Waals surface area (Å²) in [5, 5.41) is 17.3. The van der Waals surface area contributed by atoms with E-state index in [-0.39, 0.29) is 13.2 Å². The fraction of sp³-hybridized carbons (Fsp3) is 0.500. The molecule has 0 saturated carbocycles. The second kappa shape index (κ2) is 8.80. The van der Waals surface area contributed by atoms with E-state index in [1.54, 1.807) is 11.8 Å². The Morgan fingerprint density at radius 2 is 2.05 bits per heavy atom. The molecule has 0 aliphatic heterocycles. The third-order valence-corrected chi connectivity index (χ3v) is 4.08. The van der Waals surface area contributed by atoms with Gasteiger partial charge < -0.3 is 14.3 Å². The van der Waals surface area contributed by atoms with E-state index in [4.69, 9.17) is 14.3 Å². The summed E-state index contributed by atoms with van der Waals surface area (Å²) in [6.45, 7) is 4.58. The zero-order chi connectivity index (χ0) is 15.8. The van der Waals surface area contributed by atoms with Gasteiger partial charge >= 0.3 is 0 Å². The summed E-state index contributed by atoms with van der Waals surface area (Å²) < 4.78 is 11.3. The van der Waals surface area contributed by atoms with Crippen molar-refractivity contribution in [2.45, 2.75) is 44.9 Å². The molecular formula is C16H22N2O3S. The lowest BCUT2D eigenvalue weighted by molar-refractivity contribution is 0.250. The number of aryl methyl sites for hydroxylation is 2. The van der Waals surface area contributed by atoms with Gasteiger partial charge in [-0.25, -0.2) is 0 Å². The number of hydrogen-bond donors (Lipinski definition) is 1. The van der Waals surface area contributed by atoms with Crippen LogP contribution in [-0.4, -0.2) is 27.7 Å². The first-order valence-electron chi connectivity index (χ1n) is 7.45. The fourth-order valence-corrected chi connectivity index (χ4v) is 2.68. The van der Waals surface area contributed by atoms with E-state index >= 15 is 0 Å². The number of hydrogen-bond acceptors (Lipinski definition) is 6. The minimum atomic E-state index is 0.255. The van der Waals surface area contributed by atoms with Crippen LogP contribution < -0.4 is 4.74 Å². The van der Waals surface area contributed by atoms with E-state index in [2.05, 4.69) is 16.3 Å². The molecule has 0 aliphatic carbocycles. The van der Waals surface area contributed by atoms with Crippen molar-refractivity contribution in [1.29, 1.82) is 0 Å². The van der Waals surface area contributed by atoms with Crippen LogP contribution >= 0.6 is 11.8 Å². The maximum Gasteiger partial charge on any atom is 0.276 e. The number of thioether (sulfide) groups is 1. The molecule has 2 aromatic rings. The van der Waals surface area contributed by atoms with Gasteiger partial charge in [-0.3, -0.25) is 0 Å². The number of ether oxygens (including phenoxy) is 1. The molecule has 2 rings (SSSR count). The van der Waals surface area contributed by atoms with Gasteiger partial charge in [-0.05, 0) is 43.9 Å². The molecular weight excluding hydrogens is 300 g/mol. The summed E-state index contributed by atoms with van der Waals surface area (Å²) in [6.07, 6.45) is 2.89. The van der Waals surface area contributed by atoms with Gasteiger partial charge in [0.25, 0.3) is 11.1 Å². The second-order valence-corrected chi connectivity index (χ2v) is 6.20. The van der Waals surface area contributed by atoms with Crippen LogP contribution in [0.3, 0.4) is 0 Å². The van der Waals surface area contributed by atoms with E-state index in [1.165, 1.54) is 0 Å². The quantitative estimate of drug-likeness (QED) is 0.563. The van der Waals surface area contributed by atoms with Gasteiger partial charge in [0.1, 0.15) is 5.75 Å². The molecule has 0 amide bonds. The first-order valence-corrected chi connectivity index (χ1v) is 8.43. The Bertz CT molecular complexity index is 587. The monoisotopic (exact) mass is 322 g/mol. The molecule has 1 aromatic carbocycles. The predicted molar refractivity (Wildman–Crippen MR) is 86.2 cm³/mol. The summed E-state index contributed by atoms with van der Waals surface area (Å²) in [5.41, 5.74) is 2.24. The van der Waals surface area contributed by atoms with Gasteiger partial charge in [0.15, 0.2) is 6.61 Å². The lowest BCUT2D eigenvalue weighted by Crippen LogP contribution is -1.97. The van der Waals surface area contributed by atoms with Crippen molar-refractivity contribution in [3.05, 3.63) is 35.2 Å². The van der Waals surface area contributed by atoms with Crippen LogP contribution in [0.15, 0.2) is 27.8 Å². The molecule has 0 atom stereocenters. The molecule has 1 N–H and O–H groups in total. The van der Waals surface area contributed by atoms with Gasteiger partial charge in [-0.15, -0.1) is 10.2 Å². The number of benzene rings is 1. The average Bonchev–Trinajstić information content (AvgIpc) is 2.96. The molecule has 120 valence electrons. The molecule has 0 fully saturated rings. The van der Waals surface area contributed by atoms with E-state index in [0.29, 0.717) is 11.1 Å². The average molecular weight is 322 g/mol. The zero-order valence-corrected chi connectivity index (χ0v) is 13.9. The number of unbranched alkanes of at least 4 members (excludes halogenated alkanes) is 2. The first kappa shape index (κ1) is 16.8. The molecule has 0 unspecified atom stereocenters. The highest BCUT2D eigenvalue weighted by molar-refractivity contribution is 7.99. The summed E-state index contributed by atoms with van der Waals surface area (Å²) in [5.74, 6) is 2.25. The number of rotatable bonds is 9. The number of aliphatic hydroxyl groups is 1. The normalized spacial score (nSPS) is 10.9. The van der Waals surface area contributed by atoms with Crippen LogP contribution in [0.1, 0.15) is 36.3 Å². The van der Waals surface area contributed by atoms with Gasteiger partial charge in [-0.1, -0.05) is 30.3 Å². The van der Waals surface area contributed by atoms with Crippen molar-refractivity contribution in [2.24, 2.45) is 0 Å². The highest BCUT2D eigenvalue weighted by Crippen LogP contribution is 2.22. The van der Waals surface area contributed by atoms with Crippen molar-refractivity contribution >= 4 is 11.8 Å². The Balaban J connectivity index is 1.78. The summed E-state index contributed by atoms with van der Waals surface area (Å²) >= 11 is 1.54. The third-order valence-electron chi connectivity index (χ3n) is 3.17. The molecule has 0 aliphatic rings. The Kier molecular flexibility index (Phi) is 6.74. The van der Waals surface area contributed by atoms with Crippen molar-refractivity contribution < 1.29 is 14.3 Å². The van der Waals surface area contributed by atoms with E-state index < -0.39 is 0 Å². The molecule has 1 aromatic heterocycles. The van der Waals surface area contributed by atoms with Crippen molar-refractivity contribution in [3.8, 4) is 5.75 Å². The van der Waals surface area contributed by atoms with Gasteiger partial charge in [0.05, 0.1) is 0 Å². The highest BCUT2D eigenvalue weighted by Gasteiger charge is 2.08. The van der Waals surface area contributed by atoms with Crippen LogP contribution in [0.2, 0.25) is 0 Å². The third kappa shape index (κ3) is 5.35. The van der Waals surface area contributed by atoms with Crippen LogP contribution in [-0.2, 0) is 6.61 Å². The molecule has 0 saturated heterocycles. The van der Waals surface area contributed by atoms with Crippen molar-refractivity contribution in [3.63, 3.8) is 0 Å². The van der Waals surface area contributed by atoms with Crippen LogP contribution in [0.4, 0.5) is 0 Å². The first-order chi connectivity index (χ1) is 10.7. The number of aliphatic hydroxyl groups excluding tert-OH is 1. The fourth-order valence-electron chi connectivity index (χ4n) is 1.91. The summed E-state index contributed by atoms with van der Waals surface area (Å²) in [4.78, 5) is 0. The number of aromatic nitrogens is 2. The Morgan fingerprint density at radius 3 is 2.86 bits per heavy atom. The van der Waals surface area contributed by atoms with E-state index in [1.807, 2.05) is 26.0 Å². The Morgan fingerprint density at radius 1 is 1.18 bits per heavy atom. The minimum Gasteiger partial charge on any atom is -0.484 e. The SMILES string of the molecule is Cc1ccc(C)c(OCc2nnc(SCCCCCO)o2)c1. The molecule has 0 radical (unpaired) electrons. The van der Waals surface area contributed by atoms with Crippen LogP contribution in [0.5, 0.6) is 5.75 Å². The summed E-state index contributed by atoms with van der Waals surface area (Å²) in [7, 11) is 0. The Hall–Kier alpha value is -1.53. The molecule has 0 spiro atoms.